The molecule has 1 aromatic rings. The maximum absolute atomic E-state index is 12.2. The molecule has 0 fully saturated rings. The second-order valence-electron chi connectivity index (χ2n) is 3.83. The summed E-state index contributed by atoms with van der Waals surface area (Å²) < 4.78 is 28.0. The Labute approximate surface area is 119 Å². The number of nitrogens with one attached hydrogen (secondary N) is 1. The van der Waals surface area contributed by atoms with Gasteiger partial charge in [0, 0.05) is 10.9 Å². The van der Waals surface area contributed by atoms with Gasteiger partial charge in [0.1, 0.15) is 12.0 Å². The van der Waals surface area contributed by atoms with Crippen molar-refractivity contribution in [3.8, 4) is 0 Å². The van der Waals surface area contributed by atoms with Crippen LogP contribution in [-0.2, 0) is 10.0 Å². The van der Waals surface area contributed by atoms with Crippen molar-refractivity contribution in [2.24, 2.45) is 0 Å². The Kier molecular flexibility index (Phi) is 6.50. The number of sulfonamides is 1. The standard InChI is InChI=1S/C12H18BrNO2PS/c1-3-9-17(10-4-2)14-18(15,16)12-7-5-11(13)6-8-12/h5-9,14H,3-4,10H2,1-2H3/q+1. The van der Waals surface area contributed by atoms with Crippen LogP contribution < -0.4 is 4.49 Å². The quantitative estimate of drug-likeness (QED) is 0.794. The van der Waals surface area contributed by atoms with Crippen molar-refractivity contribution in [3.63, 3.8) is 0 Å². The van der Waals surface area contributed by atoms with Gasteiger partial charge in [-0.15, -0.1) is 0 Å². The first kappa shape index (κ1) is 15.8. The molecular weight excluding hydrogens is 333 g/mol. The van der Waals surface area contributed by atoms with Gasteiger partial charge in [0.2, 0.25) is 0 Å². The van der Waals surface area contributed by atoms with Gasteiger partial charge in [-0.3, -0.25) is 0 Å². The predicted octanol–water partition coefficient (Wildman–Crippen LogP) is 3.75. The van der Waals surface area contributed by atoms with Gasteiger partial charge in [0.25, 0.3) is 10.0 Å². The molecule has 0 aliphatic heterocycles. The molecule has 18 heavy (non-hydrogen) atoms. The summed E-state index contributed by atoms with van der Waals surface area (Å²) in [7, 11) is -4.15. The Balaban J connectivity index is 2.93. The third-order valence-electron chi connectivity index (χ3n) is 2.23. The highest BCUT2D eigenvalue weighted by Crippen LogP contribution is 2.23. The van der Waals surface area contributed by atoms with Crippen molar-refractivity contribution < 1.29 is 8.42 Å². The van der Waals surface area contributed by atoms with Crippen LogP contribution in [0.1, 0.15) is 26.7 Å². The molecule has 1 N–H and O–H groups in total. The molecule has 1 aromatic carbocycles. The van der Waals surface area contributed by atoms with Crippen molar-refractivity contribution in [2.45, 2.75) is 31.6 Å². The molecule has 0 amide bonds. The summed E-state index contributed by atoms with van der Waals surface area (Å²) in [5, 5.41) is 0. The van der Waals surface area contributed by atoms with E-state index in [0.717, 1.165) is 23.5 Å². The van der Waals surface area contributed by atoms with Gasteiger partial charge < -0.3 is 0 Å². The first-order valence-corrected chi connectivity index (χ1v) is 9.74. The van der Waals surface area contributed by atoms with E-state index in [1.165, 1.54) is 0 Å². The second-order valence-corrected chi connectivity index (χ2v) is 8.71. The SMILES string of the molecule is CCC=[P+](CCC)NS(=O)(=O)c1ccc(Br)cc1. The van der Waals surface area contributed by atoms with E-state index in [9.17, 15) is 8.42 Å². The lowest BCUT2D eigenvalue weighted by molar-refractivity contribution is 0.594. The number of rotatable bonds is 6. The Morgan fingerprint density at radius 2 is 1.89 bits per heavy atom. The number of hydrogen-bond acceptors (Lipinski definition) is 2. The van der Waals surface area contributed by atoms with E-state index >= 15 is 0 Å². The first-order valence-electron chi connectivity index (χ1n) is 5.87. The highest BCUT2D eigenvalue weighted by molar-refractivity contribution is 9.10. The lowest BCUT2D eigenvalue weighted by Gasteiger charge is -2.02. The molecule has 0 saturated heterocycles. The van der Waals surface area contributed by atoms with Crippen LogP contribution in [0.25, 0.3) is 0 Å². The Hall–Kier alpha value is -0.220. The number of benzene rings is 1. The summed E-state index contributed by atoms with van der Waals surface area (Å²) in [5.74, 6) is 2.06. The molecule has 0 aromatic heterocycles. The number of halogens is 1. The second kappa shape index (κ2) is 7.39. The highest BCUT2D eigenvalue weighted by Gasteiger charge is 2.21. The van der Waals surface area contributed by atoms with Crippen molar-refractivity contribution in [3.05, 3.63) is 28.7 Å². The predicted molar refractivity (Wildman–Crippen MR) is 82.9 cm³/mol. The minimum atomic E-state index is -3.39. The maximum Gasteiger partial charge on any atom is 0.275 e. The molecule has 6 heteroatoms. The van der Waals surface area contributed by atoms with Crippen molar-refractivity contribution in [1.29, 1.82) is 0 Å². The monoisotopic (exact) mass is 350 g/mol. The molecule has 1 unspecified atom stereocenters. The Morgan fingerprint density at radius 3 is 2.39 bits per heavy atom. The molecule has 0 aliphatic rings. The zero-order chi connectivity index (χ0) is 13.6. The molecule has 0 aliphatic carbocycles. The molecular formula is C12H18BrNO2PS+. The van der Waals surface area contributed by atoms with Crippen LogP contribution in [0.5, 0.6) is 0 Å². The van der Waals surface area contributed by atoms with Gasteiger partial charge in [0.15, 0.2) is 7.70 Å². The van der Waals surface area contributed by atoms with Crippen LogP contribution in [0, 0.1) is 0 Å². The van der Waals surface area contributed by atoms with Crippen LogP contribution in [0.4, 0.5) is 0 Å². The van der Waals surface area contributed by atoms with Gasteiger partial charge in [0.05, 0.1) is 4.90 Å². The summed E-state index contributed by atoms with van der Waals surface area (Å²) in [4.78, 5) is 0.318. The molecule has 1 rings (SSSR count). The minimum Gasteiger partial charge on any atom is -0.204 e. The summed E-state index contributed by atoms with van der Waals surface area (Å²) in [6.07, 6.45) is 2.75. The average Bonchev–Trinajstić information content (AvgIpc) is 2.29. The largest absolute Gasteiger partial charge is 0.275 e. The van der Waals surface area contributed by atoms with Crippen LogP contribution in [-0.4, -0.2) is 20.4 Å². The molecule has 3 nitrogen and oxygen atoms in total. The van der Waals surface area contributed by atoms with Gasteiger partial charge >= 0.3 is 0 Å². The van der Waals surface area contributed by atoms with Crippen LogP contribution in [0.2, 0.25) is 0 Å². The van der Waals surface area contributed by atoms with E-state index in [0.29, 0.717) is 4.90 Å². The summed E-state index contributed by atoms with van der Waals surface area (Å²) in [6.45, 7) is 4.09. The maximum atomic E-state index is 12.2. The fourth-order valence-corrected chi connectivity index (χ4v) is 5.64. The molecule has 100 valence electrons. The van der Waals surface area contributed by atoms with Crippen LogP contribution >= 0.6 is 23.6 Å². The van der Waals surface area contributed by atoms with E-state index in [-0.39, 0.29) is 0 Å². The van der Waals surface area contributed by atoms with Crippen LogP contribution in [0.15, 0.2) is 33.6 Å². The first-order chi connectivity index (χ1) is 8.49. The third kappa shape index (κ3) is 4.81. The Bertz CT molecular complexity index is 511. The van der Waals surface area contributed by atoms with E-state index < -0.39 is 17.7 Å². The number of hydrogen-bond donors (Lipinski definition) is 1. The van der Waals surface area contributed by atoms with E-state index in [1.54, 1.807) is 24.3 Å². The van der Waals surface area contributed by atoms with Gasteiger partial charge in [-0.05, 0) is 35.2 Å². The fraction of sp³-hybridized carbons (Fsp3) is 0.417. The average molecular weight is 351 g/mol. The normalized spacial score (nSPS) is 12.7. The van der Waals surface area contributed by atoms with Crippen molar-refractivity contribution in [2.75, 3.05) is 6.16 Å². The summed E-state index contributed by atoms with van der Waals surface area (Å²) in [6, 6.07) is 6.69. The zero-order valence-electron chi connectivity index (χ0n) is 10.6. The van der Waals surface area contributed by atoms with Gasteiger partial charge in [-0.1, -0.05) is 29.8 Å². The van der Waals surface area contributed by atoms with Gasteiger partial charge in [-0.25, -0.2) is 8.42 Å². The fourth-order valence-electron chi connectivity index (χ4n) is 1.46. The summed E-state index contributed by atoms with van der Waals surface area (Å²) in [5.41, 5.74) is 0. The van der Waals surface area contributed by atoms with E-state index in [2.05, 4.69) is 33.1 Å². The molecule has 0 spiro atoms. The summed E-state index contributed by atoms with van der Waals surface area (Å²) >= 11 is 3.30. The molecule has 1 atom stereocenters. The third-order valence-corrected chi connectivity index (χ3v) is 7.28. The molecule has 0 heterocycles. The van der Waals surface area contributed by atoms with Crippen molar-refractivity contribution in [1.82, 2.24) is 4.49 Å². The zero-order valence-corrected chi connectivity index (χ0v) is 13.9. The molecule has 0 radical (unpaired) electrons. The smallest absolute Gasteiger partial charge is 0.204 e. The van der Waals surface area contributed by atoms with E-state index in [4.69, 9.17) is 0 Å². The van der Waals surface area contributed by atoms with Crippen molar-refractivity contribution >= 4 is 39.4 Å². The highest BCUT2D eigenvalue weighted by atomic mass is 79.9. The van der Waals surface area contributed by atoms with Crippen LogP contribution in [0.3, 0.4) is 0 Å². The minimum absolute atomic E-state index is 0.318. The lowest BCUT2D eigenvalue weighted by atomic mass is 10.4. The Morgan fingerprint density at radius 1 is 1.28 bits per heavy atom. The van der Waals surface area contributed by atoms with Gasteiger partial charge in [-0.2, -0.15) is 0 Å². The van der Waals surface area contributed by atoms with E-state index in [1.807, 2.05) is 6.92 Å². The molecule has 0 saturated carbocycles. The topological polar surface area (TPSA) is 46.2 Å². The lowest BCUT2D eigenvalue weighted by Crippen LogP contribution is -2.18. The molecule has 0 bridgehead atoms.